The first kappa shape index (κ1) is 14.4. The molecule has 1 rings (SSSR count). The monoisotopic (exact) mass is 253 g/mol. The lowest BCUT2D eigenvalue weighted by atomic mass is 10.1. The molecule has 3 N–H and O–H groups in total. The van der Waals surface area contributed by atoms with Gasteiger partial charge < -0.3 is 10.9 Å². The van der Waals surface area contributed by atoms with Crippen LogP contribution in [-0.2, 0) is 6.54 Å². The Bertz CT molecular complexity index is 421. The van der Waals surface area contributed by atoms with E-state index in [4.69, 9.17) is 10.9 Å². The molecular formula is C13H20FN3O. The van der Waals surface area contributed by atoms with E-state index in [-0.39, 0.29) is 11.4 Å². The van der Waals surface area contributed by atoms with E-state index in [0.717, 1.165) is 19.5 Å². The third-order valence-electron chi connectivity index (χ3n) is 2.84. The zero-order valence-electron chi connectivity index (χ0n) is 10.9. The summed E-state index contributed by atoms with van der Waals surface area (Å²) >= 11 is 0. The predicted molar refractivity (Wildman–Crippen MR) is 70.2 cm³/mol. The first-order valence-corrected chi connectivity index (χ1v) is 6.11. The second kappa shape index (κ2) is 6.96. The van der Waals surface area contributed by atoms with E-state index in [2.05, 4.69) is 17.0 Å². The minimum atomic E-state index is -0.414. The maximum absolute atomic E-state index is 14.1. The number of nitrogens with zero attached hydrogens (tertiary/aromatic N) is 2. The topological polar surface area (TPSA) is 61.8 Å². The molecule has 100 valence electrons. The van der Waals surface area contributed by atoms with Crippen LogP contribution in [0.25, 0.3) is 0 Å². The van der Waals surface area contributed by atoms with Gasteiger partial charge in [0, 0.05) is 12.1 Å². The molecule has 0 aliphatic carbocycles. The highest BCUT2D eigenvalue weighted by Crippen LogP contribution is 2.15. The highest BCUT2D eigenvalue weighted by molar-refractivity contribution is 5.97. The summed E-state index contributed by atoms with van der Waals surface area (Å²) < 4.78 is 14.1. The summed E-state index contributed by atoms with van der Waals surface area (Å²) in [6, 6.07) is 4.94. The average molecular weight is 253 g/mol. The average Bonchev–Trinajstić information content (AvgIpc) is 2.39. The van der Waals surface area contributed by atoms with E-state index in [1.54, 1.807) is 12.1 Å². The van der Waals surface area contributed by atoms with Crippen LogP contribution in [0.1, 0.15) is 31.4 Å². The molecule has 0 heterocycles. The van der Waals surface area contributed by atoms with Gasteiger partial charge in [0.05, 0.1) is 5.56 Å². The molecule has 5 heteroatoms. The largest absolute Gasteiger partial charge is 0.409 e. The molecular weight excluding hydrogens is 233 g/mol. The van der Waals surface area contributed by atoms with Gasteiger partial charge in [-0.1, -0.05) is 31.1 Å². The van der Waals surface area contributed by atoms with E-state index < -0.39 is 5.82 Å². The molecule has 0 saturated carbocycles. The molecule has 0 bridgehead atoms. The summed E-state index contributed by atoms with van der Waals surface area (Å²) in [7, 11) is 0. The molecule has 4 nitrogen and oxygen atoms in total. The summed E-state index contributed by atoms with van der Waals surface area (Å²) in [5.74, 6) is -0.616. The standard InChI is InChI=1S/C13H20FN3O/c1-3-8-17(4-2)9-10-6-5-7-11(12(10)14)13(15)16-18/h5-7,18H,3-4,8-9H2,1-2H3,(H2,15,16). The smallest absolute Gasteiger partial charge is 0.173 e. The molecule has 0 aromatic heterocycles. The van der Waals surface area contributed by atoms with E-state index in [1.807, 2.05) is 6.92 Å². The molecule has 0 fully saturated rings. The fourth-order valence-electron chi connectivity index (χ4n) is 1.86. The summed E-state index contributed by atoms with van der Waals surface area (Å²) in [6.45, 7) is 6.44. The normalized spacial score (nSPS) is 12.1. The lowest BCUT2D eigenvalue weighted by molar-refractivity contribution is 0.276. The lowest BCUT2D eigenvalue weighted by Gasteiger charge is -2.20. The quantitative estimate of drug-likeness (QED) is 0.353. The summed E-state index contributed by atoms with van der Waals surface area (Å²) in [6.07, 6.45) is 1.02. The van der Waals surface area contributed by atoms with Gasteiger partial charge in [-0.05, 0) is 25.6 Å². The number of rotatable bonds is 6. The van der Waals surface area contributed by atoms with Gasteiger partial charge in [-0.3, -0.25) is 4.90 Å². The van der Waals surface area contributed by atoms with Crippen LogP contribution in [0, 0.1) is 5.82 Å². The van der Waals surface area contributed by atoms with Crippen LogP contribution < -0.4 is 5.73 Å². The third kappa shape index (κ3) is 3.43. The van der Waals surface area contributed by atoms with Crippen molar-refractivity contribution in [1.82, 2.24) is 4.90 Å². The summed E-state index contributed by atoms with van der Waals surface area (Å²) in [4.78, 5) is 2.15. The van der Waals surface area contributed by atoms with Crippen molar-refractivity contribution in [3.63, 3.8) is 0 Å². The van der Waals surface area contributed by atoms with E-state index >= 15 is 0 Å². The van der Waals surface area contributed by atoms with E-state index in [9.17, 15) is 4.39 Å². The van der Waals surface area contributed by atoms with Crippen molar-refractivity contribution in [2.45, 2.75) is 26.8 Å². The molecule has 0 aliphatic rings. The van der Waals surface area contributed by atoms with Gasteiger partial charge in [-0.15, -0.1) is 0 Å². The second-order valence-electron chi connectivity index (χ2n) is 4.13. The fourth-order valence-corrected chi connectivity index (χ4v) is 1.86. The zero-order chi connectivity index (χ0) is 13.5. The highest BCUT2D eigenvalue weighted by atomic mass is 19.1. The first-order chi connectivity index (χ1) is 8.63. The summed E-state index contributed by atoms with van der Waals surface area (Å²) in [5.41, 5.74) is 6.14. The Morgan fingerprint density at radius 3 is 2.72 bits per heavy atom. The minimum absolute atomic E-state index is 0.141. The molecule has 0 amide bonds. The molecule has 0 unspecified atom stereocenters. The number of benzene rings is 1. The van der Waals surface area contributed by atoms with Gasteiger partial charge in [0.15, 0.2) is 5.84 Å². The number of hydrogen-bond donors (Lipinski definition) is 2. The first-order valence-electron chi connectivity index (χ1n) is 6.11. The van der Waals surface area contributed by atoms with Crippen LogP contribution in [0.5, 0.6) is 0 Å². The Hall–Kier alpha value is -1.62. The van der Waals surface area contributed by atoms with Crippen LogP contribution >= 0.6 is 0 Å². The lowest BCUT2D eigenvalue weighted by Crippen LogP contribution is -2.25. The van der Waals surface area contributed by atoms with Gasteiger partial charge >= 0.3 is 0 Å². The maximum Gasteiger partial charge on any atom is 0.173 e. The van der Waals surface area contributed by atoms with Gasteiger partial charge in [-0.2, -0.15) is 0 Å². The van der Waals surface area contributed by atoms with Gasteiger partial charge in [0.2, 0.25) is 0 Å². The molecule has 0 radical (unpaired) electrons. The van der Waals surface area contributed by atoms with Crippen LogP contribution in [0.4, 0.5) is 4.39 Å². The van der Waals surface area contributed by atoms with Crippen LogP contribution in [0.3, 0.4) is 0 Å². The van der Waals surface area contributed by atoms with Gasteiger partial charge in [0.1, 0.15) is 5.82 Å². The van der Waals surface area contributed by atoms with E-state index in [1.165, 1.54) is 6.07 Å². The molecule has 0 aliphatic heterocycles. The fraction of sp³-hybridized carbons (Fsp3) is 0.462. The Morgan fingerprint density at radius 1 is 1.44 bits per heavy atom. The number of oxime groups is 1. The Balaban J connectivity index is 2.96. The van der Waals surface area contributed by atoms with Gasteiger partial charge in [-0.25, -0.2) is 4.39 Å². The van der Waals surface area contributed by atoms with E-state index in [0.29, 0.717) is 12.1 Å². The van der Waals surface area contributed by atoms with Crippen molar-refractivity contribution in [3.8, 4) is 0 Å². The molecule has 0 spiro atoms. The predicted octanol–water partition coefficient (Wildman–Crippen LogP) is 2.15. The molecule has 0 atom stereocenters. The molecule has 18 heavy (non-hydrogen) atoms. The highest BCUT2D eigenvalue weighted by Gasteiger charge is 2.13. The summed E-state index contributed by atoms with van der Waals surface area (Å²) in [5, 5.41) is 11.4. The SMILES string of the molecule is CCCN(CC)Cc1cccc(/C(N)=N/O)c1F. The van der Waals surface area contributed by atoms with Crippen molar-refractivity contribution in [2.24, 2.45) is 10.9 Å². The van der Waals surface area contributed by atoms with Crippen molar-refractivity contribution < 1.29 is 9.60 Å². The molecule has 1 aromatic carbocycles. The Kier molecular flexibility index (Phi) is 5.58. The number of nitrogens with two attached hydrogens (primary N) is 1. The number of amidine groups is 1. The number of hydrogen-bond acceptors (Lipinski definition) is 3. The third-order valence-corrected chi connectivity index (χ3v) is 2.84. The zero-order valence-corrected chi connectivity index (χ0v) is 10.9. The second-order valence-corrected chi connectivity index (χ2v) is 4.13. The van der Waals surface area contributed by atoms with Crippen LogP contribution in [0.15, 0.2) is 23.4 Å². The van der Waals surface area contributed by atoms with Crippen LogP contribution in [0.2, 0.25) is 0 Å². The number of halogens is 1. The minimum Gasteiger partial charge on any atom is -0.409 e. The maximum atomic E-state index is 14.1. The Morgan fingerprint density at radius 2 is 2.17 bits per heavy atom. The molecule has 1 aromatic rings. The van der Waals surface area contributed by atoms with Crippen molar-refractivity contribution in [1.29, 1.82) is 0 Å². The van der Waals surface area contributed by atoms with Gasteiger partial charge in [0.25, 0.3) is 0 Å². The Labute approximate surface area is 107 Å². The van der Waals surface area contributed by atoms with Crippen LogP contribution in [-0.4, -0.2) is 29.0 Å². The van der Waals surface area contributed by atoms with Crippen molar-refractivity contribution in [2.75, 3.05) is 13.1 Å². The van der Waals surface area contributed by atoms with Crippen molar-refractivity contribution in [3.05, 3.63) is 35.1 Å². The molecule has 0 saturated heterocycles. The van der Waals surface area contributed by atoms with Crippen molar-refractivity contribution >= 4 is 5.84 Å².